The SMILES string of the molecule is Nc1nc(NC2CC2)cc(N2CC[C@@](O)(C(F)(F)F)C2)n1.Nc1nc(NC2CC2)cc(N2CC[C@](O)(C(F)(F)F)C2)n1. The lowest BCUT2D eigenvalue weighted by Crippen LogP contribution is -2.47. The molecule has 4 aliphatic rings. The van der Waals surface area contributed by atoms with Crippen molar-refractivity contribution in [3.8, 4) is 0 Å². The van der Waals surface area contributed by atoms with E-state index in [9.17, 15) is 36.6 Å². The predicted octanol–water partition coefficient (Wildman–Crippen LogP) is 2.27. The van der Waals surface area contributed by atoms with Gasteiger partial charge in [-0.1, -0.05) is 0 Å². The Balaban J connectivity index is 0.000000168. The predicted molar refractivity (Wildman–Crippen MR) is 142 cm³/mol. The summed E-state index contributed by atoms with van der Waals surface area (Å²) in [4.78, 5) is 18.7. The number of hydrogen-bond acceptors (Lipinski definition) is 12. The molecule has 4 heterocycles. The Morgan fingerprint density at radius 2 is 1.05 bits per heavy atom. The summed E-state index contributed by atoms with van der Waals surface area (Å²) < 4.78 is 77.0. The van der Waals surface area contributed by atoms with Gasteiger partial charge in [0.2, 0.25) is 11.9 Å². The highest BCUT2D eigenvalue weighted by Crippen LogP contribution is 2.40. The topological polar surface area (TPSA) is 175 Å². The number of nitrogens with zero attached hydrogens (tertiary/aromatic N) is 6. The number of hydrogen-bond donors (Lipinski definition) is 6. The molecular formula is C24H32F6N10O2. The number of β-amino-alcohol motifs (C(OH)–C–C–N with tert-alkyl or cyclic N) is 2. The minimum atomic E-state index is -4.66. The van der Waals surface area contributed by atoms with Crippen molar-refractivity contribution < 1.29 is 36.6 Å². The van der Waals surface area contributed by atoms with Crippen molar-refractivity contribution in [1.82, 2.24) is 19.9 Å². The Hall–Kier alpha value is -3.54. The summed E-state index contributed by atoms with van der Waals surface area (Å²) in [5.41, 5.74) is 5.81. The smallest absolute Gasteiger partial charge is 0.379 e. The van der Waals surface area contributed by atoms with Crippen LogP contribution in [0.2, 0.25) is 0 Å². The maximum atomic E-state index is 12.8. The average molecular weight is 607 g/mol. The van der Waals surface area contributed by atoms with Crippen molar-refractivity contribution in [3.05, 3.63) is 12.1 Å². The van der Waals surface area contributed by atoms with Crippen LogP contribution in [0, 0.1) is 0 Å². The fourth-order valence-corrected chi connectivity index (χ4v) is 4.69. The molecule has 2 aromatic rings. The first-order valence-corrected chi connectivity index (χ1v) is 13.4. The van der Waals surface area contributed by atoms with E-state index in [0.717, 1.165) is 25.7 Å². The molecule has 12 nitrogen and oxygen atoms in total. The zero-order valence-electron chi connectivity index (χ0n) is 22.4. The van der Waals surface area contributed by atoms with Gasteiger partial charge in [0.1, 0.15) is 23.3 Å². The number of rotatable bonds is 6. The minimum absolute atomic E-state index is 0.00176. The van der Waals surface area contributed by atoms with Gasteiger partial charge in [-0.15, -0.1) is 0 Å². The normalized spacial score (nSPS) is 26.2. The molecule has 2 atom stereocenters. The van der Waals surface area contributed by atoms with Crippen molar-refractivity contribution >= 4 is 35.2 Å². The molecule has 2 aromatic heterocycles. The van der Waals surface area contributed by atoms with E-state index in [0.29, 0.717) is 35.4 Å². The summed E-state index contributed by atoms with van der Waals surface area (Å²) in [6.07, 6.45) is -5.93. The van der Waals surface area contributed by atoms with E-state index in [1.807, 2.05) is 0 Å². The van der Waals surface area contributed by atoms with Crippen LogP contribution in [-0.4, -0.2) is 92.0 Å². The highest BCUT2D eigenvalue weighted by atomic mass is 19.4. The zero-order valence-corrected chi connectivity index (χ0v) is 22.4. The van der Waals surface area contributed by atoms with Gasteiger partial charge in [-0.25, -0.2) is 0 Å². The summed E-state index contributed by atoms with van der Waals surface area (Å²) in [5, 5.41) is 25.7. The van der Waals surface area contributed by atoms with Crippen molar-refractivity contribution in [2.75, 3.05) is 58.1 Å². The first-order valence-electron chi connectivity index (χ1n) is 13.4. The molecule has 0 spiro atoms. The van der Waals surface area contributed by atoms with Crippen molar-refractivity contribution in [2.24, 2.45) is 0 Å². The third kappa shape index (κ3) is 6.74. The maximum Gasteiger partial charge on any atom is 0.418 e. The lowest BCUT2D eigenvalue weighted by molar-refractivity contribution is -0.251. The number of nitrogen functional groups attached to an aromatic ring is 2. The number of nitrogens with two attached hydrogens (primary N) is 2. The molecule has 2 aliphatic carbocycles. The van der Waals surface area contributed by atoms with E-state index in [-0.39, 0.29) is 37.8 Å². The van der Waals surface area contributed by atoms with Crippen LogP contribution in [0.15, 0.2) is 12.1 Å². The fourth-order valence-electron chi connectivity index (χ4n) is 4.69. The summed E-state index contributed by atoms with van der Waals surface area (Å²) in [6.45, 7) is -0.962. The summed E-state index contributed by atoms with van der Waals surface area (Å²) in [6, 6.07) is 3.82. The van der Waals surface area contributed by atoms with E-state index in [4.69, 9.17) is 11.5 Å². The van der Waals surface area contributed by atoms with Gasteiger partial charge in [0, 0.05) is 50.1 Å². The van der Waals surface area contributed by atoms with Crippen LogP contribution in [0.5, 0.6) is 0 Å². The monoisotopic (exact) mass is 606 g/mol. The second-order valence-corrected chi connectivity index (χ2v) is 11.2. The second-order valence-electron chi connectivity index (χ2n) is 11.2. The second kappa shape index (κ2) is 10.6. The Kier molecular flexibility index (Phi) is 7.57. The van der Waals surface area contributed by atoms with Crippen molar-refractivity contribution in [3.63, 3.8) is 0 Å². The van der Waals surface area contributed by atoms with E-state index in [1.54, 1.807) is 12.1 Å². The van der Waals surface area contributed by atoms with Gasteiger partial charge >= 0.3 is 12.4 Å². The maximum absolute atomic E-state index is 12.8. The van der Waals surface area contributed by atoms with E-state index in [2.05, 4.69) is 30.6 Å². The molecule has 4 fully saturated rings. The Labute approximate surface area is 236 Å². The lowest BCUT2D eigenvalue weighted by atomic mass is 10.0. The Morgan fingerprint density at radius 3 is 1.33 bits per heavy atom. The van der Waals surface area contributed by atoms with E-state index < -0.39 is 36.6 Å². The molecule has 18 heteroatoms. The van der Waals surface area contributed by atoms with Crippen LogP contribution < -0.4 is 31.9 Å². The number of alkyl halides is 6. The van der Waals surface area contributed by atoms with Gasteiger partial charge in [0.05, 0.1) is 13.1 Å². The van der Waals surface area contributed by atoms with Crippen LogP contribution in [0.3, 0.4) is 0 Å². The molecule has 0 unspecified atom stereocenters. The van der Waals surface area contributed by atoms with Gasteiger partial charge in [-0.2, -0.15) is 46.3 Å². The molecule has 232 valence electrons. The molecule has 2 saturated carbocycles. The third-order valence-electron chi connectivity index (χ3n) is 7.52. The number of aliphatic hydroxyl groups is 2. The summed E-state index contributed by atoms with van der Waals surface area (Å²) in [5.74, 6) is 1.60. The number of halogens is 6. The standard InChI is InChI=1S/2C12H16F3N5O/c2*13-12(14,15)11(21)3-4-20(6-11)9-5-8(17-7-1-2-7)18-10(16)19-9/h2*5,7,21H,1-4,6H2,(H3,16,17,18,19)/t2*11-/m10/s1. The molecule has 0 amide bonds. The molecule has 2 aliphatic heterocycles. The molecule has 8 N–H and O–H groups in total. The molecule has 0 aromatic carbocycles. The summed E-state index contributed by atoms with van der Waals surface area (Å²) >= 11 is 0. The Morgan fingerprint density at radius 1 is 0.690 bits per heavy atom. The molecule has 42 heavy (non-hydrogen) atoms. The van der Waals surface area contributed by atoms with Crippen LogP contribution in [0.4, 0.5) is 61.5 Å². The lowest BCUT2D eigenvalue weighted by Gasteiger charge is -2.26. The van der Waals surface area contributed by atoms with E-state index >= 15 is 0 Å². The minimum Gasteiger partial charge on any atom is -0.379 e. The largest absolute Gasteiger partial charge is 0.418 e. The molecule has 2 saturated heterocycles. The average Bonchev–Trinajstić information content (AvgIpc) is 3.79. The van der Waals surface area contributed by atoms with Crippen LogP contribution in [-0.2, 0) is 0 Å². The van der Waals surface area contributed by atoms with E-state index in [1.165, 1.54) is 9.80 Å². The number of aromatic nitrogens is 4. The van der Waals surface area contributed by atoms with Crippen LogP contribution in [0.25, 0.3) is 0 Å². The molecule has 6 rings (SSSR count). The van der Waals surface area contributed by atoms with Gasteiger partial charge in [-0.05, 0) is 25.7 Å². The van der Waals surface area contributed by atoms with Gasteiger partial charge in [-0.3, -0.25) is 0 Å². The number of nitrogens with one attached hydrogen (secondary N) is 2. The van der Waals surface area contributed by atoms with Crippen LogP contribution in [0.1, 0.15) is 38.5 Å². The van der Waals surface area contributed by atoms with Crippen molar-refractivity contribution in [2.45, 2.75) is 74.2 Å². The quantitative estimate of drug-likeness (QED) is 0.265. The fraction of sp³-hybridized carbons (Fsp3) is 0.667. The van der Waals surface area contributed by atoms with Crippen molar-refractivity contribution in [1.29, 1.82) is 0 Å². The van der Waals surface area contributed by atoms with Gasteiger partial charge < -0.3 is 42.1 Å². The summed E-state index contributed by atoms with van der Waals surface area (Å²) in [7, 11) is 0. The number of anilines is 6. The van der Waals surface area contributed by atoms with Gasteiger partial charge in [0.15, 0.2) is 11.2 Å². The highest BCUT2D eigenvalue weighted by Gasteiger charge is 2.58. The molecule has 0 bridgehead atoms. The third-order valence-corrected chi connectivity index (χ3v) is 7.52. The molecular weight excluding hydrogens is 574 g/mol. The van der Waals surface area contributed by atoms with Gasteiger partial charge in [0.25, 0.3) is 0 Å². The Bertz CT molecular complexity index is 1190. The first kappa shape index (κ1) is 29.9. The zero-order chi connectivity index (χ0) is 30.5. The highest BCUT2D eigenvalue weighted by molar-refractivity contribution is 5.55. The van der Waals surface area contributed by atoms with Crippen LogP contribution >= 0.6 is 0 Å². The molecule has 0 radical (unpaired) electrons. The first-order chi connectivity index (χ1) is 19.5.